The van der Waals surface area contributed by atoms with E-state index in [1.165, 1.54) is 26.5 Å². The number of fused-ring (bicyclic) bond motifs is 1. The van der Waals surface area contributed by atoms with E-state index in [0.29, 0.717) is 28.3 Å². The van der Waals surface area contributed by atoms with Crippen molar-refractivity contribution in [2.75, 3.05) is 19.5 Å². The Morgan fingerprint density at radius 2 is 1.68 bits per heavy atom. The highest BCUT2D eigenvalue weighted by Crippen LogP contribution is 2.41. The number of benzene rings is 2. The minimum atomic E-state index is -0.752. The van der Waals surface area contributed by atoms with Gasteiger partial charge in [0.2, 0.25) is 0 Å². The zero-order valence-corrected chi connectivity index (χ0v) is 16.7. The van der Waals surface area contributed by atoms with E-state index in [2.05, 4.69) is 10.3 Å². The number of amides is 1. The minimum Gasteiger partial charge on any atom is -0.493 e. The molecule has 3 aromatic rings. The lowest BCUT2D eigenvalue weighted by Gasteiger charge is -2.09. The number of hydrogen-bond donors (Lipinski definition) is 2. The molecule has 2 N–H and O–H groups in total. The number of ether oxygens (including phenoxy) is 3. The van der Waals surface area contributed by atoms with Crippen LogP contribution in [0.4, 0.5) is 5.69 Å². The van der Waals surface area contributed by atoms with Crippen molar-refractivity contribution in [3.63, 3.8) is 0 Å². The maximum Gasteiger partial charge on any atom is 0.349 e. The van der Waals surface area contributed by atoms with Gasteiger partial charge in [-0.15, -0.1) is 0 Å². The highest BCUT2D eigenvalue weighted by Gasteiger charge is 2.26. The summed E-state index contributed by atoms with van der Waals surface area (Å²) in [7, 11) is 3.06. The van der Waals surface area contributed by atoms with Crippen molar-refractivity contribution in [2.24, 2.45) is 0 Å². The summed E-state index contributed by atoms with van der Waals surface area (Å²) in [4.78, 5) is 38.8. The van der Waals surface area contributed by atoms with E-state index >= 15 is 0 Å². The van der Waals surface area contributed by atoms with Gasteiger partial charge in [0.15, 0.2) is 11.5 Å². The second-order valence-corrected chi connectivity index (χ2v) is 6.64. The van der Waals surface area contributed by atoms with Crippen molar-refractivity contribution >= 4 is 29.2 Å². The standard InChI is InChI=1S/C23H18N2O6/c1-29-19-11-16-17(22(27)25-18(16)12-20(19)30-2)10-13-5-7-14(8-6-13)31-23(28)15-4-3-9-24-21(15)26/h3-12H,1-2H3,(H,24,26)(H,25,27). The summed E-state index contributed by atoms with van der Waals surface area (Å²) >= 11 is 0. The molecule has 1 amide bonds. The van der Waals surface area contributed by atoms with Gasteiger partial charge in [0.25, 0.3) is 11.5 Å². The molecule has 0 saturated carbocycles. The van der Waals surface area contributed by atoms with Gasteiger partial charge < -0.3 is 24.5 Å². The van der Waals surface area contributed by atoms with Crippen molar-refractivity contribution in [3.05, 3.63) is 81.8 Å². The molecule has 1 aromatic heterocycles. The summed E-state index contributed by atoms with van der Waals surface area (Å²) in [5, 5.41) is 2.81. The lowest BCUT2D eigenvalue weighted by atomic mass is 10.0. The molecule has 2 aromatic carbocycles. The van der Waals surface area contributed by atoms with E-state index in [-0.39, 0.29) is 17.2 Å². The Balaban J connectivity index is 1.58. The number of aromatic nitrogens is 1. The van der Waals surface area contributed by atoms with Gasteiger partial charge in [-0.05, 0) is 42.0 Å². The summed E-state index contributed by atoms with van der Waals surface area (Å²) in [6.45, 7) is 0. The fourth-order valence-electron chi connectivity index (χ4n) is 3.20. The number of hydrogen-bond acceptors (Lipinski definition) is 6. The largest absolute Gasteiger partial charge is 0.493 e. The van der Waals surface area contributed by atoms with Gasteiger partial charge in [-0.2, -0.15) is 0 Å². The Morgan fingerprint density at radius 1 is 0.968 bits per heavy atom. The van der Waals surface area contributed by atoms with Crippen molar-refractivity contribution < 1.29 is 23.8 Å². The normalized spacial score (nSPS) is 13.5. The Kier molecular flexibility index (Phi) is 5.28. The summed E-state index contributed by atoms with van der Waals surface area (Å²) in [5.74, 6) is 0.313. The third-order valence-corrected chi connectivity index (χ3v) is 4.75. The average molecular weight is 418 g/mol. The number of rotatable bonds is 5. The number of esters is 1. The molecule has 1 aliphatic heterocycles. The molecule has 31 heavy (non-hydrogen) atoms. The van der Waals surface area contributed by atoms with Crippen molar-refractivity contribution in [2.45, 2.75) is 0 Å². The maximum atomic E-state index is 12.5. The van der Waals surface area contributed by atoms with Crippen LogP contribution < -0.4 is 25.1 Å². The summed E-state index contributed by atoms with van der Waals surface area (Å²) in [6.07, 6.45) is 3.16. The van der Waals surface area contributed by atoms with Crippen LogP contribution in [0.15, 0.2) is 59.5 Å². The zero-order valence-electron chi connectivity index (χ0n) is 16.7. The number of methoxy groups -OCH3 is 2. The molecule has 0 radical (unpaired) electrons. The van der Waals surface area contributed by atoms with Gasteiger partial charge in [-0.3, -0.25) is 9.59 Å². The first-order chi connectivity index (χ1) is 15.0. The van der Waals surface area contributed by atoms with Crippen LogP contribution >= 0.6 is 0 Å². The Morgan fingerprint density at radius 3 is 2.35 bits per heavy atom. The summed E-state index contributed by atoms with van der Waals surface area (Å²) in [6, 6.07) is 13.0. The third-order valence-electron chi connectivity index (χ3n) is 4.75. The second-order valence-electron chi connectivity index (χ2n) is 6.64. The molecule has 1 aliphatic rings. The topological polar surface area (TPSA) is 107 Å². The van der Waals surface area contributed by atoms with Crippen molar-refractivity contribution in [1.82, 2.24) is 4.98 Å². The van der Waals surface area contributed by atoms with Crippen LogP contribution in [0.2, 0.25) is 0 Å². The van der Waals surface area contributed by atoms with Crippen LogP contribution in [-0.4, -0.2) is 31.1 Å². The van der Waals surface area contributed by atoms with E-state index in [4.69, 9.17) is 14.2 Å². The molecule has 0 atom stereocenters. The Bertz CT molecular complexity index is 1260. The molecule has 8 nitrogen and oxygen atoms in total. The first kappa shape index (κ1) is 20.0. The smallest absolute Gasteiger partial charge is 0.349 e. The van der Waals surface area contributed by atoms with Gasteiger partial charge in [-0.25, -0.2) is 4.79 Å². The maximum absolute atomic E-state index is 12.5. The lowest BCUT2D eigenvalue weighted by Crippen LogP contribution is -2.20. The quantitative estimate of drug-likeness (QED) is 0.375. The van der Waals surface area contributed by atoms with Crippen LogP contribution in [0.3, 0.4) is 0 Å². The number of anilines is 1. The molecule has 0 spiro atoms. The molecule has 0 saturated heterocycles. The van der Waals surface area contributed by atoms with Crippen LogP contribution in [0.5, 0.6) is 17.2 Å². The van der Waals surface area contributed by atoms with Crippen LogP contribution in [0, 0.1) is 0 Å². The van der Waals surface area contributed by atoms with Gasteiger partial charge >= 0.3 is 5.97 Å². The molecule has 4 rings (SSSR count). The van der Waals surface area contributed by atoms with E-state index in [1.54, 1.807) is 48.5 Å². The number of H-pyrrole nitrogens is 1. The fraction of sp³-hybridized carbons (Fsp3) is 0.0870. The summed E-state index contributed by atoms with van der Waals surface area (Å²) in [5.41, 5.74) is 1.92. The van der Waals surface area contributed by atoms with Crippen LogP contribution in [-0.2, 0) is 4.79 Å². The molecule has 0 bridgehead atoms. The number of aromatic amines is 1. The first-order valence-corrected chi connectivity index (χ1v) is 9.29. The van der Waals surface area contributed by atoms with Gasteiger partial charge in [-0.1, -0.05) is 12.1 Å². The van der Waals surface area contributed by atoms with Gasteiger partial charge in [0.1, 0.15) is 11.3 Å². The average Bonchev–Trinajstić information content (AvgIpc) is 3.08. The van der Waals surface area contributed by atoms with Gasteiger partial charge in [0, 0.05) is 23.4 Å². The number of carbonyl (C=O) groups is 2. The van der Waals surface area contributed by atoms with Crippen LogP contribution in [0.1, 0.15) is 21.5 Å². The lowest BCUT2D eigenvalue weighted by molar-refractivity contribution is -0.110. The van der Waals surface area contributed by atoms with Crippen LogP contribution in [0.25, 0.3) is 11.6 Å². The number of carbonyl (C=O) groups excluding carboxylic acids is 2. The molecule has 0 aliphatic carbocycles. The second kappa shape index (κ2) is 8.19. The molecule has 0 fully saturated rings. The van der Waals surface area contributed by atoms with E-state index in [9.17, 15) is 14.4 Å². The Hall–Kier alpha value is -4.33. The molecular weight excluding hydrogens is 400 g/mol. The van der Waals surface area contributed by atoms with E-state index in [0.717, 1.165) is 5.56 Å². The highest BCUT2D eigenvalue weighted by molar-refractivity contribution is 6.35. The molecular formula is C23H18N2O6. The predicted octanol–water partition coefficient (Wildman–Crippen LogP) is 3.10. The molecule has 0 unspecified atom stereocenters. The van der Waals surface area contributed by atoms with Crippen molar-refractivity contribution in [1.29, 1.82) is 0 Å². The minimum absolute atomic E-state index is 0.0858. The molecule has 2 heterocycles. The SMILES string of the molecule is COc1cc2c(cc1OC)C(=Cc1ccc(OC(=O)c3ccc[nH]c3=O)cc1)C(=O)N2. The Labute approximate surface area is 177 Å². The monoisotopic (exact) mass is 418 g/mol. The number of pyridine rings is 1. The number of nitrogens with one attached hydrogen (secondary N) is 2. The zero-order chi connectivity index (χ0) is 22.0. The van der Waals surface area contributed by atoms with E-state index < -0.39 is 11.5 Å². The predicted molar refractivity (Wildman–Crippen MR) is 115 cm³/mol. The third kappa shape index (κ3) is 3.91. The fourth-order valence-corrected chi connectivity index (χ4v) is 3.20. The molecule has 156 valence electrons. The first-order valence-electron chi connectivity index (χ1n) is 9.29. The van der Waals surface area contributed by atoms with Crippen molar-refractivity contribution in [3.8, 4) is 17.2 Å². The van der Waals surface area contributed by atoms with E-state index in [1.807, 2.05) is 0 Å². The highest BCUT2D eigenvalue weighted by atomic mass is 16.5. The van der Waals surface area contributed by atoms with Gasteiger partial charge in [0.05, 0.1) is 19.9 Å². The summed E-state index contributed by atoms with van der Waals surface area (Å²) < 4.78 is 15.9. The molecule has 8 heteroatoms.